The third-order valence-electron chi connectivity index (χ3n) is 5.05. The van der Waals surface area contributed by atoms with Gasteiger partial charge in [-0.05, 0) is 61.5 Å². The van der Waals surface area contributed by atoms with Crippen molar-refractivity contribution in [2.24, 2.45) is 10.8 Å². The molecule has 28 heavy (non-hydrogen) atoms. The Bertz CT molecular complexity index is 540. The highest BCUT2D eigenvalue weighted by molar-refractivity contribution is 5.37. The predicted octanol–water partition coefficient (Wildman–Crippen LogP) is 7.84. The summed E-state index contributed by atoms with van der Waals surface area (Å²) in [5.74, 6) is 0. The molecule has 0 aliphatic rings. The highest BCUT2D eigenvalue weighted by Gasteiger charge is 2.40. The number of ether oxygens (including phenoxy) is 2. The summed E-state index contributed by atoms with van der Waals surface area (Å²) in [6.45, 7) is 24.2. The van der Waals surface area contributed by atoms with Crippen molar-refractivity contribution in [2.45, 2.75) is 106 Å². The van der Waals surface area contributed by atoms with Crippen LogP contribution >= 0.6 is 0 Å². The first-order chi connectivity index (χ1) is 12.8. The van der Waals surface area contributed by atoms with Gasteiger partial charge < -0.3 is 9.47 Å². The van der Waals surface area contributed by atoms with Gasteiger partial charge in [-0.25, -0.2) is 0 Å². The molecule has 1 rings (SSSR count). The smallest absolute Gasteiger partial charge is 0.0912 e. The van der Waals surface area contributed by atoms with E-state index in [1.165, 1.54) is 11.1 Å². The summed E-state index contributed by atoms with van der Waals surface area (Å²) in [4.78, 5) is 0. The second kappa shape index (κ2) is 9.76. The van der Waals surface area contributed by atoms with E-state index >= 15 is 0 Å². The minimum Gasteiger partial charge on any atom is -0.371 e. The zero-order valence-electron chi connectivity index (χ0n) is 20.4. The molecule has 1 aromatic carbocycles. The van der Waals surface area contributed by atoms with E-state index in [0.717, 1.165) is 38.9 Å². The van der Waals surface area contributed by atoms with E-state index < -0.39 is 0 Å². The van der Waals surface area contributed by atoms with E-state index in [-0.39, 0.29) is 22.0 Å². The van der Waals surface area contributed by atoms with E-state index in [1.807, 2.05) is 0 Å². The second-order valence-electron chi connectivity index (χ2n) is 11.2. The lowest BCUT2D eigenvalue weighted by atomic mass is 9.72. The SMILES string of the molecule is CCCOC(C)(CC(C)(C)C)c1ccccc1C(C)(CC(C)(C)C)OCCC. The van der Waals surface area contributed by atoms with Crippen LogP contribution in [-0.2, 0) is 20.7 Å². The van der Waals surface area contributed by atoms with Crippen molar-refractivity contribution >= 4 is 0 Å². The Morgan fingerprint density at radius 2 is 0.929 bits per heavy atom. The summed E-state index contributed by atoms with van der Waals surface area (Å²) in [5, 5.41) is 0. The average molecular weight is 391 g/mol. The summed E-state index contributed by atoms with van der Waals surface area (Å²) in [7, 11) is 0. The lowest BCUT2D eigenvalue weighted by Crippen LogP contribution is -2.38. The fourth-order valence-electron chi connectivity index (χ4n) is 4.53. The van der Waals surface area contributed by atoms with Gasteiger partial charge in [-0.2, -0.15) is 0 Å². The van der Waals surface area contributed by atoms with E-state index in [1.54, 1.807) is 0 Å². The Balaban J connectivity index is 3.54. The van der Waals surface area contributed by atoms with Crippen LogP contribution in [0.15, 0.2) is 24.3 Å². The molecule has 2 atom stereocenters. The van der Waals surface area contributed by atoms with E-state index in [0.29, 0.717) is 0 Å². The van der Waals surface area contributed by atoms with Crippen molar-refractivity contribution in [2.75, 3.05) is 13.2 Å². The second-order valence-corrected chi connectivity index (χ2v) is 11.2. The van der Waals surface area contributed by atoms with Gasteiger partial charge in [0, 0.05) is 13.2 Å². The highest BCUT2D eigenvalue weighted by atomic mass is 16.5. The van der Waals surface area contributed by atoms with Gasteiger partial charge in [0.1, 0.15) is 0 Å². The molecule has 0 saturated heterocycles. The first-order valence-electron chi connectivity index (χ1n) is 11.1. The van der Waals surface area contributed by atoms with Gasteiger partial charge in [0.25, 0.3) is 0 Å². The van der Waals surface area contributed by atoms with Gasteiger partial charge >= 0.3 is 0 Å². The first kappa shape index (κ1) is 25.2. The number of benzene rings is 1. The largest absolute Gasteiger partial charge is 0.371 e. The molecular formula is C26H46O2. The maximum atomic E-state index is 6.56. The molecule has 0 aliphatic heterocycles. The molecular weight excluding hydrogens is 344 g/mol. The van der Waals surface area contributed by atoms with Crippen LogP contribution in [0.4, 0.5) is 0 Å². The molecule has 0 heterocycles. The molecule has 0 N–H and O–H groups in total. The topological polar surface area (TPSA) is 18.5 Å². The molecule has 0 spiro atoms. The summed E-state index contributed by atoms with van der Waals surface area (Å²) in [6.07, 6.45) is 3.98. The third-order valence-corrected chi connectivity index (χ3v) is 5.05. The van der Waals surface area contributed by atoms with Crippen LogP contribution in [0.1, 0.15) is 106 Å². The van der Waals surface area contributed by atoms with E-state index in [9.17, 15) is 0 Å². The van der Waals surface area contributed by atoms with Crippen molar-refractivity contribution < 1.29 is 9.47 Å². The minimum absolute atomic E-state index is 0.167. The average Bonchev–Trinajstić information content (AvgIpc) is 2.55. The van der Waals surface area contributed by atoms with Gasteiger partial charge in [-0.15, -0.1) is 0 Å². The Morgan fingerprint density at radius 3 is 1.18 bits per heavy atom. The minimum atomic E-state index is -0.334. The maximum absolute atomic E-state index is 6.56. The van der Waals surface area contributed by atoms with Crippen LogP contribution in [0, 0.1) is 10.8 Å². The fourth-order valence-corrected chi connectivity index (χ4v) is 4.53. The van der Waals surface area contributed by atoms with Gasteiger partial charge in [0.05, 0.1) is 11.2 Å². The number of hydrogen-bond acceptors (Lipinski definition) is 2. The van der Waals surface area contributed by atoms with Gasteiger partial charge in [0.15, 0.2) is 0 Å². The molecule has 2 nitrogen and oxygen atoms in total. The van der Waals surface area contributed by atoms with Gasteiger partial charge in [0.2, 0.25) is 0 Å². The molecule has 0 fully saturated rings. The highest BCUT2D eigenvalue weighted by Crippen LogP contribution is 2.45. The van der Waals surface area contributed by atoms with Crippen molar-refractivity contribution in [3.63, 3.8) is 0 Å². The summed E-state index contributed by atoms with van der Waals surface area (Å²) >= 11 is 0. The van der Waals surface area contributed by atoms with Crippen LogP contribution in [0.5, 0.6) is 0 Å². The standard InChI is InChI=1S/C26H46O2/c1-11-17-27-25(9,19-23(3,4)5)21-15-13-14-16-22(21)26(10,28-18-12-2)20-24(6,7)8/h13-16H,11-12,17-20H2,1-10H3. The lowest BCUT2D eigenvalue weighted by molar-refractivity contribution is -0.0808. The van der Waals surface area contributed by atoms with Crippen molar-refractivity contribution in [3.05, 3.63) is 35.4 Å². The maximum Gasteiger partial charge on any atom is 0.0912 e. The molecule has 0 aliphatic carbocycles. The Labute approximate surface area is 175 Å². The molecule has 0 bridgehead atoms. The van der Waals surface area contributed by atoms with E-state index in [4.69, 9.17) is 9.47 Å². The fraction of sp³-hybridized carbons (Fsp3) is 0.769. The van der Waals surface area contributed by atoms with E-state index in [2.05, 4.69) is 93.5 Å². The molecule has 2 heteroatoms. The quantitative estimate of drug-likeness (QED) is 0.405. The van der Waals surface area contributed by atoms with Gasteiger partial charge in [-0.3, -0.25) is 0 Å². The summed E-state index contributed by atoms with van der Waals surface area (Å²) in [6, 6.07) is 8.80. The molecule has 162 valence electrons. The molecule has 0 radical (unpaired) electrons. The Kier molecular flexibility index (Phi) is 8.78. The van der Waals surface area contributed by atoms with Crippen molar-refractivity contribution in [3.8, 4) is 0 Å². The van der Waals surface area contributed by atoms with Crippen LogP contribution in [0.25, 0.3) is 0 Å². The summed E-state index contributed by atoms with van der Waals surface area (Å²) < 4.78 is 13.1. The molecule has 2 unspecified atom stereocenters. The lowest BCUT2D eigenvalue weighted by Gasteiger charge is -2.42. The Morgan fingerprint density at radius 1 is 0.607 bits per heavy atom. The Hall–Kier alpha value is -0.860. The third kappa shape index (κ3) is 7.52. The monoisotopic (exact) mass is 390 g/mol. The molecule has 0 saturated carbocycles. The molecule has 0 aromatic heterocycles. The van der Waals surface area contributed by atoms with Crippen LogP contribution in [0.2, 0.25) is 0 Å². The molecule has 1 aromatic rings. The number of hydrogen-bond donors (Lipinski definition) is 0. The zero-order valence-corrected chi connectivity index (χ0v) is 20.4. The summed E-state index contributed by atoms with van der Waals surface area (Å²) in [5.41, 5.74) is 2.22. The van der Waals surface area contributed by atoms with Crippen molar-refractivity contribution in [1.29, 1.82) is 0 Å². The van der Waals surface area contributed by atoms with Crippen LogP contribution < -0.4 is 0 Å². The predicted molar refractivity (Wildman–Crippen MR) is 122 cm³/mol. The first-order valence-corrected chi connectivity index (χ1v) is 11.1. The molecule has 0 amide bonds. The van der Waals surface area contributed by atoms with Crippen LogP contribution in [0.3, 0.4) is 0 Å². The van der Waals surface area contributed by atoms with Gasteiger partial charge in [-0.1, -0.05) is 79.7 Å². The normalized spacial score (nSPS) is 17.2. The van der Waals surface area contributed by atoms with Crippen LogP contribution in [-0.4, -0.2) is 13.2 Å². The zero-order chi connectivity index (χ0) is 21.6. The number of rotatable bonds is 10. The van der Waals surface area contributed by atoms with Crippen molar-refractivity contribution in [1.82, 2.24) is 0 Å².